The number of aromatic nitrogens is 3. The molecule has 0 saturated carbocycles. The predicted octanol–water partition coefficient (Wildman–Crippen LogP) is 6.84. The fourth-order valence-corrected chi connectivity index (χ4v) is 4.34. The van der Waals surface area contributed by atoms with Crippen molar-refractivity contribution in [2.45, 2.75) is 84.5 Å². The number of hydrogen-bond donors (Lipinski definition) is 0. The Kier molecular flexibility index (Phi) is 6.38. The zero-order chi connectivity index (χ0) is 23.9. The second-order valence-electron chi connectivity index (χ2n) is 11.0. The molecule has 0 saturated heterocycles. The topological polar surface area (TPSA) is 63.2 Å². The average molecular weight is 449 g/mol. The molecule has 0 aliphatic carbocycles. The van der Waals surface area contributed by atoms with Crippen molar-refractivity contribution in [3.05, 3.63) is 53.5 Å². The first-order valence-electron chi connectivity index (χ1n) is 11.3. The molecule has 0 atom stereocenters. The quantitative estimate of drug-likeness (QED) is 0.387. The number of nitrogens with zero attached hydrogens (tertiary/aromatic N) is 4. The number of pyridine rings is 1. The molecule has 2 aromatic heterocycles. The second kappa shape index (κ2) is 8.46. The Morgan fingerprint density at radius 1 is 1.09 bits per heavy atom. The van der Waals surface area contributed by atoms with E-state index in [0.717, 1.165) is 33.7 Å². The van der Waals surface area contributed by atoms with Gasteiger partial charge in [0.25, 0.3) is 0 Å². The standard InChI is InChI=1S/C26H36N4OSi/c1-18(2)23-28-24-21(20-12-10-11-13-22(20)26(6,7)17-27)14-19(15-30(24)29-23)16-31-32(8,9)25(3,4)5/h10-15,18H,16H2,1-9H3. The summed E-state index contributed by atoms with van der Waals surface area (Å²) in [6.07, 6.45) is 2.03. The van der Waals surface area contributed by atoms with Crippen LogP contribution >= 0.6 is 0 Å². The Morgan fingerprint density at radius 2 is 1.75 bits per heavy atom. The highest BCUT2D eigenvalue weighted by molar-refractivity contribution is 6.74. The summed E-state index contributed by atoms with van der Waals surface area (Å²) in [5.41, 5.74) is 4.23. The van der Waals surface area contributed by atoms with Crippen LogP contribution in [0.2, 0.25) is 18.1 Å². The van der Waals surface area contributed by atoms with Gasteiger partial charge in [-0.15, -0.1) is 0 Å². The van der Waals surface area contributed by atoms with Crippen molar-refractivity contribution in [2.75, 3.05) is 0 Å². The maximum absolute atomic E-state index is 9.81. The van der Waals surface area contributed by atoms with Crippen LogP contribution in [0.4, 0.5) is 0 Å². The van der Waals surface area contributed by atoms with E-state index in [2.05, 4.69) is 65.9 Å². The van der Waals surface area contributed by atoms with Gasteiger partial charge in [0.05, 0.1) is 18.1 Å². The molecule has 0 amide bonds. The molecular weight excluding hydrogens is 412 g/mol. The maximum Gasteiger partial charge on any atom is 0.192 e. The molecule has 170 valence electrons. The van der Waals surface area contributed by atoms with Crippen molar-refractivity contribution in [3.63, 3.8) is 0 Å². The molecule has 32 heavy (non-hydrogen) atoms. The lowest BCUT2D eigenvalue weighted by Crippen LogP contribution is -2.40. The van der Waals surface area contributed by atoms with Gasteiger partial charge in [-0.05, 0) is 54.7 Å². The average Bonchev–Trinajstić information content (AvgIpc) is 3.15. The Labute approximate surface area is 193 Å². The molecule has 0 spiro atoms. The highest BCUT2D eigenvalue weighted by atomic mass is 28.4. The van der Waals surface area contributed by atoms with Gasteiger partial charge >= 0.3 is 0 Å². The first kappa shape index (κ1) is 24.2. The van der Waals surface area contributed by atoms with Crippen LogP contribution < -0.4 is 0 Å². The number of nitriles is 1. The van der Waals surface area contributed by atoms with Gasteiger partial charge in [-0.2, -0.15) is 10.4 Å². The summed E-state index contributed by atoms with van der Waals surface area (Å²) in [5, 5.41) is 14.7. The number of rotatable bonds is 6. The fraction of sp³-hybridized carbons (Fsp3) is 0.500. The van der Waals surface area contributed by atoms with E-state index in [9.17, 15) is 5.26 Å². The van der Waals surface area contributed by atoms with Gasteiger partial charge in [-0.3, -0.25) is 0 Å². The first-order chi connectivity index (χ1) is 14.8. The minimum Gasteiger partial charge on any atom is -0.413 e. The molecular formula is C26H36N4OSi. The van der Waals surface area contributed by atoms with Crippen LogP contribution in [0.1, 0.15) is 71.3 Å². The van der Waals surface area contributed by atoms with E-state index >= 15 is 0 Å². The van der Waals surface area contributed by atoms with E-state index in [1.807, 2.05) is 42.8 Å². The van der Waals surface area contributed by atoms with Crippen LogP contribution in [0.5, 0.6) is 0 Å². The summed E-state index contributed by atoms with van der Waals surface area (Å²) in [5.74, 6) is 1.03. The Bertz CT molecular complexity index is 1160. The van der Waals surface area contributed by atoms with Gasteiger partial charge in [-0.25, -0.2) is 9.50 Å². The van der Waals surface area contributed by atoms with Gasteiger partial charge < -0.3 is 4.43 Å². The van der Waals surface area contributed by atoms with Crippen LogP contribution in [0, 0.1) is 11.3 Å². The molecule has 0 aliphatic rings. The molecule has 0 fully saturated rings. The summed E-state index contributed by atoms with van der Waals surface area (Å²) in [6.45, 7) is 19.9. The SMILES string of the molecule is CC(C)c1nc2c(-c3ccccc3C(C)(C)C#N)cc(CO[Si](C)(C)C(C)(C)C)cn2n1. The van der Waals surface area contributed by atoms with E-state index in [0.29, 0.717) is 6.61 Å². The fourth-order valence-electron chi connectivity index (χ4n) is 3.38. The van der Waals surface area contributed by atoms with Crippen LogP contribution in [-0.2, 0) is 16.4 Å². The van der Waals surface area contributed by atoms with Crippen LogP contribution in [-0.4, -0.2) is 22.9 Å². The van der Waals surface area contributed by atoms with Gasteiger partial charge in [-0.1, -0.05) is 58.9 Å². The molecule has 3 aromatic rings. The Hall–Kier alpha value is -2.49. The molecule has 1 aromatic carbocycles. The van der Waals surface area contributed by atoms with Gasteiger partial charge in [0, 0.05) is 17.7 Å². The Balaban J connectivity index is 2.19. The molecule has 6 heteroatoms. The van der Waals surface area contributed by atoms with Gasteiger partial charge in [0.15, 0.2) is 19.8 Å². The summed E-state index contributed by atoms with van der Waals surface area (Å²) in [7, 11) is -1.90. The number of fused-ring (bicyclic) bond motifs is 1. The lowest BCUT2D eigenvalue weighted by molar-refractivity contribution is 0.276. The van der Waals surface area contributed by atoms with Crippen LogP contribution in [0.25, 0.3) is 16.8 Å². The summed E-state index contributed by atoms with van der Waals surface area (Å²) < 4.78 is 8.40. The highest BCUT2D eigenvalue weighted by Crippen LogP contribution is 2.38. The Morgan fingerprint density at radius 3 is 2.34 bits per heavy atom. The third-order valence-electron chi connectivity index (χ3n) is 6.60. The lowest BCUT2D eigenvalue weighted by Gasteiger charge is -2.36. The lowest BCUT2D eigenvalue weighted by atomic mass is 9.81. The summed E-state index contributed by atoms with van der Waals surface area (Å²) >= 11 is 0. The van der Waals surface area contributed by atoms with Crippen molar-refractivity contribution in [3.8, 4) is 17.2 Å². The van der Waals surface area contributed by atoms with E-state index < -0.39 is 13.7 Å². The molecule has 0 aliphatic heterocycles. The zero-order valence-corrected chi connectivity index (χ0v) is 21.9. The monoisotopic (exact) mass is 448 g/mol. The molecule has 0 N–H and O–H groups in total. The van der Waals surface area contributed by atoms with Crippen molar-refractivity contribution in [1.29, 1.82) is 5.26 Å². The van der Waals surface area contributed by atoms with E-state index in [1.165, 1.54) is 0 Å². The minimum absolute atomic E-state index is 0.140. The normalized spacial score (nSPS) is 13.0. The third-order valence-corrected chi connectivity index (χ3v) is 11.1. The molecule has 0 radical (unpaired) electrons. The predicted molar refractivity (Wildman–Crippen MR) is 133 cm³/mol. The van der Waals surface area contributed by atoms with E-state index in [1.54, 1.807) is 0 Å². The third kappa shape index (κ3) is 4.64. The van der Waals surface area contributed by atoms with E-state index in [4.69, 9.17) is 14.5 Å². The van der Waals surface area contributed by atoms with Crippen molar-refractivity contribution >= 4 is 14.0 Å². The summed E-state index contributed by atoms with van der Waals surface area (Å²) in [6, 6.07) is 12.7. The number of hydrogen-bond acceptors (Lipinski definition) is 4. The van der Waals surface area contributed by atoms with Crippen molar-refractivity contribution in [1.82, 2.24) is 14.6 Å². The molecule has 3 rings (SSSR count). The van der Waals surface area contributed by atoms with Crippen LogP contribution in [0.15, 0.2) is 36.5 Å². The molecule has 0 bridgehead atoms. The summed E-state index contributed by atoms with van der Waals surface area (Å²) in [4.78, 5) is 4.86. The maximum atomic E-state index is 9.81. The number of benzene rings is 1. The minimum atomic E-state index is -1.90. The van der Waals surface area contributed by atoms with E-state index in [-0.39, 0.29) is 11.0 Å². The molecule has 5 nitrogen and oxygen atoms in total. The zero-order valence-electron chi connectivity index (χ0n) is 20.9. The molecule has 0 unspecified atom stereocenters. The first-order valence-corrected chi connectivity index (χ1v) is 14.2. The van der Waals surface area contributed by atoms with Crippen LogP contribution in [0.3, 0.4) is 0 Å². The van der Waals surface area contributed by atoms with Crippen molar-refractivity contribution in [2.24, 2.45) is 0 Å². The second-order valence-corrected chi connectivity index (χ2v) is 15.8. The smallest absolute Gasteiger partial charge is 0.192 e. The van der Waals surface area contributed by atoms with Crippen molar-refractivity contribution < 1.29 is 4.43 Å². The largest absolute Gasteiger partial charge is 0.413 e. The van der Waals surface area contributed by atoms with Gasteiger partial charge in [0.2, 0.25) is 0 Å². The highest BCUT2D eigenvalue weighted by Gasteiger charge is 2.37. The molecule has 2 heterocycles. The van der Waals surface area contributed by atoms with Gasteiger partial charge in [0.1, 0.15) is 0 Å².